The van der Waals surface area contributed by atoms with Crippen LogP contribution in [0.25, 0.3) is 0 Å². The van der Waals surface area contributed by atoms with Gasteiger partial charge in [0.05, 0.1) is 19.1 Å². The van der Waals surface area contributed by atoms with Gasteiger partial charge in [-0.25, -0.2) is 4.98 Å². The van der Waals surface area contributed by atoms with Gasteiger partial charge in [-0.2, -0.15) is 0 Å². The Morgan fingerprint density at radius 3 is 2.50 bits per heavy atom. The maximum Gasteiger partial charge on any atom is 0.255 e. The molecule has 34 heavy (non-hydrogen) atoms. The minimum absolute atomic E-state index is 0.0297. The van der Waals surface area contributed by atoms with Crippen molar-refractivity contribution in [3.8, 4) is 0 Å². The molecule has 0 saturated carbocycles. The van der Waals surface area contributed by atoms with Crippen LogP contribution in [0.4, 0.5) is 17.2 Å². The highest BCUT2D eigenvalue weighted by molar-refractivity contribution is 6.04. The maximum absolute atomic E-state index is 12.9. The second kappa shape index (κ2) is 11.3. The minimum Gasteiger partial charge on any atom is -0.378 e. The van der Waals surface area contributed by atoms with Crippen molar-refractivity contribution in [1.29, 1.82) is 0 Å². The number of carbonyl (C=O) groups is 2. The first-order chi connectivity index (χ1) is 16.6. The highest BCUT2D eigenvalue weighted by Gasteiger charge is 2.29. The SMILES string of the molecule is CCN(CC)C(=O)C1CCCN(c2cc(C(=O)Nc3ccc(N4CCOCC4)cc3)ccn2)C1. The molecule has 0 spiro atoms. The second-order valence-corrected chi connectivity index (χ2v) is 8.80. The molecule has 2 saturated heterocycles. The molecule has 1 unspecified atom stereocenters. The van der Waals surface area contributed by atoms with Crippen molar-refractivity contribution >= 4 is 29.0 Å². The molecule has 1 atom stereocenters. The van der Waals surface area contributed by atoms with Gasteiger partial charge in [-0.15, -0.1) is 0 Å². The molecule has 8 nitrogen and oxygen atoms in total. The molecule has 4 rings (SSSR count). The summed E-state index contributed by atoms with van der Waals surface area (Å²) in [6, 6.07) is 11.5. The summed E-state index contributed by atoms with van der Waals surface area (Å²) in [6.45, 7) is 10.2. The van der Waals surface area contributed by atoms with E-state index in [2.05, 4.69) is 20.1 Å². The second-order valence-electron chi connectivity index (χ2n) is 8.80. The van der Waals surface area contributed by atoms with Crippen LogP contribution in [-0.4, -0.2) is 74.2 Å². The van der Waals surface area contributed by atoms with Crippen LogP contribution < -0.4 is 15.1 Å². The van der Waals surface area contributed by atoms with Gasteiger partial charge >= 0.3 is 0 Å². The number of piperidine rings is 1. The van der Waals surface area contributed by atoms with Crippen molar-refractivity contribution < 1.29 is 14.3 Å². The molecule has 3 heterocycles. The van der Waals surface area contributed by atoms with Crippen LogP contribution in [-0.2, 0) is 9.53 Å². The summed E-state index contributed by atoms with van der Waals surface area (Å²) >= 11 is 0. The first-order valence-corrected chi connectivity index (χ1v) is 12.3. The Hall–Kier alpha value is -3.13. The lowest BCUT2D eigenvalue weighted by Crippen LogP contribution is -2.45. The molecule has 1 aromatic heterocycles. The number of morpholine rings is 1. The van der Waals surface area contributed by atoms with Gasteiger partial charge in [-0.3, -0.25) is 9.59 Å². The number of rotatable bonds is 7. The fraction of sp³-hybridized carbons (Fsp3) is 0.500. The van der Waals surface area contributed by atoms with Crippen LogP contribution in [0, 0.1) is 5.92 Å². The van der Waals surface area contributed by atoms with E-state index in [0.717, 1.165) is 76.0 Å². The van der Waals surface area contributed by atoms with Crippen molar-refractivity contribution in [2.24, 2.45) is 5.92 Å². The van der Waals surface area contributed by atoms with Crippen molar-refractivity contribution in [1.82, 2.24) is 9.88 Å². The van der Waals surface area contributed by atoms with Crippen molar-refractivity contribution in [3.63, 3.8) is 0 Å². The predicted molar refractivity (Wildman–Crippen MR) is 135 cm³/mol. The van der Waals surface area contributed by atoms with Gasteiger partial charge in [-0.1, -0.05) is 0 Å². The average molecular weight is 466 g/mol. The first-order valence-electron chi connectivity index (χ1n) is 12.3. The molecule has 182 valence electrons. The Morgan fingerprint density at radius 1 is 1.06 bits per heavy atom. The van der Waals surface area contributed by atoms with E-state index in [1.54, 1.807) is 12.3 Å². The normalized spacial score (nSPS) is 18.5. The van der Waals surface area contributed by atoms with Crippen LogP contribution in [0.15, 0.2) is 42.6 Å². The van der Waals surface area contributed by atoms with Gasteiger partial charge in [0.2, 0.25) is 5.91 Å². The van der Waals surface area contributed by atoms with E-state index in [0.29, 0.717) is 12.1 Å². The highest BCUT2D eigenvalue weighted by atomic mass is 16.5. The van der Waals surface area contributed by atoms with Gasteiger partial charge in [0.1, 0.15) is 5.82 Å². The number of amides is 2. The summed E-state index contributed by atoms with van der Waals surface area (Å²) in [5.41, 5.74) is 2.44. The largest absolute Gasteiger partial charge is 0.378 e. The number of hydrogen-bond donors (Lipinski definition) is 1. The van der Waals surface area contributed by atoms with E-state index in [9.17, 15) is 9.59 Å². The average Bonchev–Trinajstić information content (AvgIpc) is 2.90. The maximum atomic E-state index is 12.9. The van der Waals surface area contributed by atoms with Gasteiger partial charge in [0, 0.05) is 62.4 Å². The number of carbonyl (C=O) groups excluding carboxylic acids is 2. The van der Waals surface area contributed by atoms with E-state index < -0.39 is 0 Å². The molecule has 0 aliphatic carbocycles. The highest BCUT2D eigenvalue weighted by Crippen LogP contribution is 2.24. The molecule has 2 aliphatic rings. The number of pyridine rings is 1. The molecule has 2 aromatic rings. The van der Waals surface area contributed by atoms with Crippen LogP contribution in [0.5, 0.6) is 0 Å². The van der Waals surface area contributed by atoms with Crippen LogP contribution in [0.3, 0.4) is 0 Å². The summed E-state index contributed by atoms with van der Waals surface area (Å²) in [5.74, 6) is 0.755. The molecule has 2 amide bonds. The van der Waals surface area contributed by atoms with Gasteiger partial charge in [0.25, 0.3) is 5.91 Å². The summed E-state index contributed by atoms with van der Waals surface area (Å²) < 4.78 is 5.41. The first kappa shape index (κ1) is 24.0. The Morgan fingerprint density at radius 2 is 1.79 bits per heavy atom. The van der Waals surface area contributed by atoms with Crippen molar-refractivity contribution in [3.05, 3.63) is 48.2 Å². The van der Waals surface area contributed by atoms with E-state index in [1.165, 1.54) is 0 Å². The van der Waals surface area contributed by atoms with Crippen LogP contribution in [0.2, 0.25) is 0 Å². The van der Waals surface area contributed by atoms with E-state index in [1.807, 2.05) is 49.1 Å². The van der Waals surface area contributed by atoms with E-state index >= 15 is 0 Å². The Labute approximate surface area is 201 Å². The van der Waals surface area contributed by atoms with E-state index in [4.69, 9.17) is 4.74 Å². The number of ether oxygens (including phenoxy) is 1. The summed E-state index contributed by atoms with van der Waals surface area (Å²) in [5, 5.41) is 2.99. The Balaban J connectivity index is 1.39. The summed E-state index contributed by atoms with van der Waals surface area (Å²) in [7, 11) is 0. The molecule has 2 fully saturated rings. The zero-order valence-corrected chi connectivity index (χ0v) is 20.2. The number of nitrogens with one attached hydrogen (secondary N) is 1. The molecule has 1 N–H and O–H groups in total. The van der Waals surface area contributed by atoms with Crippen LogP contribution >= 0.6 is 0 Å². The quantitative estimate of drug-likeness (QED) is 0.676. The third-order valence-corrected chi connectivity index (χ3v) is 6.68. The third kappa shape index (κ3) is 5.67. The lowest BCUT2D eigenvalue weighted by atomic mass is 9.96. The van der Waals surface area contributed by atoms with Crippen molar-refractivity contribution in [2.75, 3.05) is 67.6 Å². The van der Waals surface area contributed by atoms with Gasteiger partial charge in [-0.05, 0) is 63.1 Å². The zero-order chi connectivity index (χ0) is 23.9. The van der Waals surface area contributed by atoms with E-state index in [-0.39, 0.29) is 17.7 Å². The molecule has 0 radical (unpaired) electrons. The lowest BCUT2D eigenvalue weighted by molar-refractivity contribution is -0.135. The van der Waals surface area contributed by atoms with Gasteiger partial charge < -0.3 is 24.8 Å². The lowest BCUT2D eigenvalue weighted by Gasteiger charge is -2.35. The molecule has 1 aromatic carbocycles. The summed E-state index contributed by atoms with van der Waals surface area (Å²) in [6.07, 6.45) is 3.50. The fourth-order valence-corrected chi connectivity index (χ4v) is 4.69. The number of benzene rings is 1. The topological polar surface area (TPSA) is 78.0 Å². The Kier molecular flexibility index (Phi) is 8.00. The zero-order valence-electron chi connectivity index (χ0n) is 20.2. The molecule has 0 bridgehead atoms. The summed E-state index contributed by atoms with van der Waals surface area (Å²) in [4.78, 5) is 36.6. The third-order valence-electron chi connectivity index (χ3n) is 6.68. The number of anilines is 3. The van der Waals surface area contributed by atoms with Crippen LogP contribution in [0.1, 0.15) is 37.0 Å². The molecule has 2 aliphatic heterocycles. The predicted octanol–water partition coefficient (Wildman–Crippen LogP) is 3.26. The molecular formula is C26H35N5O3. The Bertz CT molecular complexity index is 971. The fourth-order valence-electron chi connectivity index (χ4n) is 4.69. The molecular weight excluding hydrogens is 430 g/mol. The number of nitrogens with zero attached hydrogens (tertiary/aromatic N) is 4. The number of aromatic nitrogens is 1. The standard InChI is InChI=1S/C26H35N5O3/c1-3-29(4-2)26(33)21-6-5-13-31(19-21)24-18-20(11-12-27-24)25(32)28-22-7-9-23(10-8-22)30-14-16-34-17-15-30/h7-12,18,21H,3-6,13-17,19H2,1-2H3,(H,28,32). The van der Waals surface area contributed by atoms with Gasteiger partial charge in [0.15, 0.2) is 0 Å². The smallest absolute Gasteiger partial charge is 0.255 e. The van der Waals surface area contributed by atoms with Crippen molar-refractivity contribution in [2.45, 2.75) is 26.7 Å². The minimum atomic E-state index is -0.171. The monoisotopic (exact) mass is 465 g/mol. The molecule has 8 heteroatoms. The number of hydrogen-bond acceptors (Lipinski definition) is 6.